The average Bonchev–Trinajstić information content (AvgIpc) is 3.13. The van der Waals surface area contributed by atoms with Gasteiger partial charge in [0.1, 0.15) is 12.4 Å². The van der Waals surface area contributed by atoms with Crippen molar-refractivity contribution in [1.82, 2.24) is 20.2 Å². The van der Waals surface area contributed by atoms with Gasteiger partial charge in [0.2, 0.25) is 5.16 Å². The molecule has 28 heavy (non-hydrogen) atoms. The Hall–Kier alpha value is -3.08. The Balaban J connectivity index is 1.54. The molecule has 0 atom stereocenters. The van der Waals surface area contributed by atoms with Gasteiger partial charge in [0.25, 0.3) is 0 Å². The number of halogens is 3. The molecular formula is C17H13F3N4O3S. The van der Waals surface area contributed by atoms with E-state index in [1.54, 1.807) is 30.3 Å². The number of hydrogen-bond acceptors (Lipinski definition) is 7. The first-order valence-corrected chi connectivity index (χ1v) is 8.90. The summed E-state index contributed by atoms with van der Waals surface area (Å²) in [6.45, 7) is 0.142. The topological polar surface area (TPSA) is 79.1 Å². The summed E-state index contributed by atoms with van der Waals surface area (Å²) in [5.41, 5.74) is 0.918. The van der Waals surface area contributed by atoms with Crippen molar-refractivity contribution in [2.24, 2.45) is 0 Å². The Kier molecular flexibility index (Phi) is 6.14. The molecule has 3 aromatic rings. The number of carbonyl (C=O) groups excluding carboxylic acids is 1. The van der Waals surface area contributed by atoms with E-state index in [9.17, 15) is 18.0 Å². The largest absolute Gasteiger partial charge is 0.573 e. The summed E-state index contributed by atoms with van der Waals surface area (Å²) in [6.07, 6.45) is -4.76. The summed E-state index contributed by atoms with van der Waals surface area (Å²) in [6, 6.07) is 13.7. The third-order valence-corrected chi connectivity index (χ3v) is 4.20. The molecule has 1 aromatic heterocycles. The Morgan fingerprint density at radius 1 is 1.07 bits per heavy atom. The van der Waals surface area contributed by atoms with Crippen LogP contribution in [0.4, 0.5) is 13.2 Å². The van der Waals surface area contributed by atoms with Crippen LogP contribution in [0.3, 0.4) is 0 Å². The highest BCUT2D eigenvalue weighted by Gasteiger charge is 2.31. The minimum absolute atomic E-state index is 0.142. The third kappa shape index (κ3) is 5.46. The summed E-state index contributed by atoms with van der Waals surface area (Å²) in [7, 11) is 0. The highest BCUT2D eigenvalue weighted by Crippen LogP contribution is 2.25. The molecule has 1 heterocycles. The third-order valence-electron chi connectivity index (χ3n) is 3.31. The van der Waals surface area contributed by atoms with E-state index in [2.05, 4.69) is 20.3 Å². The number of aromatic nitrogens is 4. The molecule has 0 spiro atoms. The van der Waals surface area contributed by atoms with Crippen LogP contribution in [0.5, 0.6) is 5.75 Å². The zero-order chi connectivity index (χ0) is 20.0. The first-order valence-electron chi connectivity index (χ1n) is 7.92. The van der Waals surface area contributed by atoms with Crippen molar-refractivity contribution in [2.45, 2.75) is 11.5 Å². The molecule has 2 aromatic carbocycles. The molecule has 0 amide bonds. The maximum atomic E-state index is 12.2. The maximum absolute atomic E-state index is 12.2. The number of esters is 1. The first kappa shape index (κ1) is 19.7. The molecule has 146 valence electrons. The standard InChI is InChI=1S/C17H13F3N4O3S/c18-17(19,20)27-14-8-6-13(7-9-14)24-16(21-22-23-24)28-11-10-26-15(25)12-4-2-1-3-5-12/h1-9H,10-11H2. The second-order valence-electron chi connectivity index (χ2n) is 5.27. The predicted octanol–water partition coefficient (Wildman–Crippen LogP) is 3.51. The molecular weight excluding hydrogens is 397 g/mol. The Bertz CT molecular complexity index is 917. The van der Waals surface area contributed by atoms with Crippen LogP contribution in [0.15, 0.2) is 59.8 Å². The first-order chi connectivity index (χ1) is 13.4. The molecule has 11 heteroatoms. The molecule has 3 rings (SSSR count). The molecule has 7 nitrogen and oxygen atoms in total. The quantitative estimate of drug-likeness (QED) is 0.335. The summed E-state index contributed by atoms with van der Waals surface area (Å²) in [4.78, 5) is 11.9. The molecule has 0 bridgehead atoms. The number of nitrogens with zero attached hydrogens (tertiary/aromatic N) is 4. The highest BCUT2D eigenvalue weighted by atomic mass is 32.2. The SMILES string of the molecule is O=C(OCCSc1nnnn1-c1ccc(OC(F)(F)F)cc1)c1ccccc1. The van der Waals surface area contributed by atoms with Gasteiger partial charge in [0, 0.05) is 5.75 Å². The van der Waals surface area contributed by atoms with Crippen molar-refractivity contribution >= 4 is 17.7 Å². The van der Waals surface area contributed by atoms with Crippen molar-refractivity contribution in [1.29, 1.82) is 0 Å². The van der Waals surface area contributed by atoms with Crippen LogP contribution in [-0.2, 0) is 4.74 Å². The van der Waals surface area contributed by atoms with E-state index < -0.39 is 12.3 Å². The van der Waals surface area contributed by atoms with Crippen LogP contribution >= 0.6 is 11.8 Å². The van der Waals surface area contributed by atoms with E-state index in [1.807, 2.05) is 0 Å². The van der Waals surface area contributed by atoms with Gasteiger partial charge in [-0.3, -0.25) is 0 Å². The number of hydrogen-bond donors (Lipinski definition) is 0. The predicted molar refractivity (Wildman–Crippen MR) is 93.3 cm³/mol. The van der Waals surface area contributed by atoms with Crippen molar-refractivity contribution in [2.75, 3.05) is 12.4 Å². The molecule has 0 unspecified atom stereocenters. The normalized spacial score (nSPS) is 11.2. The fraction of sp³-hybridized carbons (Fsp3) is 0.176. The number of alkyl halides is 3. The molecule has 0 N–H and O–H groups in total. The minimum Gasteiger partial charge on any atom is -0.461 e. The van der Waals surface area contributed by atoms with Gasteiger partial charge in [-0.15, -0.1) is 18.3 Å². The molecule has 0 radical (unpaired) electrons. The molecule has 0 fully saturated rings. The summed E-state index contributed by atoms with van der Waals surface area (Å²) < 4.78 is 47.0. The van der Waals surface area contributed by atoms with Gasteiger partial charge < -0.3 is 9.47 Å². The van der Waals surface area contributed by atoms with Crippen LogP contribution < -0.4 is 4.74 Å². The Morgan fingerprint density at radius 2 is 1.79 bits per heavy atom. The van der Waals surface area contributed by atoms with E-state index in [0.717, 1.165) is 0 Å². The fourth-order valence-corrected chi connectivity index (χ4v) is 2.85. The van der Waals surface area contributed by atoms with Crippen LogP contribution in [-0.4, -0.2) is 44.9 Å². The number of rotatable bonds is 7. The zero-order valence-corrected chi connectivity index (χ0v) is 15.0. The average molecular weight is 410 g/mol. The Morgan fingerprint density at radius 3 is 2.46 bits per heavy atom. The lowest BCUT2D eigenvalue weighted by Gasteiger charge is -2.09. The summed E-state index contributed by atoms with van der Waals surface area (Å²) in [5.74, 6) is -0.374. The van der Waals surface area contributed by atoms with E-state index in [4.69, 9.17) is 4.74 Å². The van der Waals surface area contributed by atoms with E-state index in [-0.39, 0.29) is 12.4 Å². The van der Waals surface area contributed by atoms with Crippen molar-refractivity contribution in [3.63, 3.8) is 0 Å². The lowest BCUT2D eigenvalue weighted by atomic mass is 10.2. The van der Waals surface area contributed by atoms with Gasteiger partial charge in [0.15, 0.2) is 0 Å². The van der Waals surface area contributed by atoms with E-state index >= 15 is 0 Å². The van der Waals surface area contributed by atoms with Crippen LogP contribution in [0.25, 0.3) is 5.69 Å². The van der Waals surface area contributed by atoms with Gasteiger partial charge in [0.05, 0.1) is 11.3 Å². The van der Waals surface area contributed by atoms with Crippen molar-refractivity contribution in [3.05, 3.63) is 60.2 Å². The lowest BCUT2D eigenvalue weighted by Crippen LogP contribution is -2.17. The van der Waals surface area contributed by atoms with Gasteiger partial charge in [-0.1, -0.05) is 30.0 Å². The Labute approximate surface area is 161 Å². The summed E-state index contributed by atoms with van der Waals surface area (Å²) in [5, 5.41) is 11.6. The van der Waals surface area contributed by atoms with E-state index in [0.29, 0.717) is 22.2 Å². The van der Waals surface area contributed by atoms with E-state index in [1.165, 1.54) is 40.7 Å². The molecule has 0 aliphatic carbocycles. The number of benzene rings is 2. The molecule has 0 saturated carbocycles. The lowest BCUT2D eigenvalue weighted by molar-refractivity contribution is -0.274. The zero-order valence-electron chi connectivity index (χ0n) is 14.2. The van der Waals surface area contributed by atoms with Gasteiger partial charge in [-0.05, 0) is 46.8 Å². The van der Waals surface area contributed by atoms with Crippen molar-refractivity contribution in [3.8, 4) is 11.4 Å². The maximum Gasteiger partial charge on any atom is 0.573 e. The molecule has 0 saturated heterocycles. The number of thioether (sulfide) groups is 1. The van der Waals surface area contributed by atoms with Gasteiger partial charge in [-0.2, -0.15) is 4.68 Å². The molecule has 0 aliphatic heterocycles. The molecule has 0 aliphatic rings. The fourth-order valence-electron chi connectivity index (χ4n) is 2.14. The van der Waals surface area contributed by atoms with Crippen molar-refractivity contribution < 1.29 is 27.4 Å². The second-order valence-corrected chi connectivity index (χ2v) is 6.33. The summed E-state index contributed by atoms with van der Waals surface area (Å²) >= 11 is 1.24. The number of ether oxygens (including phenoxy) is 2. The van der Waals surface area contributed by atoms with Crippen LogP contribution in [0.2, 0.25) is 0 Å². The van der Waals surface area contributed by atoms with Gasteiger partial charge in [-0.25, -0.2) is 4.79 Å². The minimum atomic E-state index is -4.76. The highest BCUT2D eigenvalue weighted by molar-refractivity contribution is 7.99. The number of carbonyl (C=O) groups is 1. The van der Waals surface area contributed by atoms with Gasteiger partial charge >= 0.3 is 12.3 Å². The second kappa shape index (κ2) is 8.74. The monoisotopic (exact) mass is 410 g/mol. The van der Waals surface area contributed by atoms with Crippen LogP contribution in [0.1, 0.15) is 10.4 Å². The number of tetrazole rings is 1. The van der Waals surface area contributed by atoms with Crippen LogP contribution in [0, 0.1) is 0 Å². The smallest absolute Gasteiger partial charge is 0.461 e.